The number of aldehydes is 1. The van der Waals surface area contributed by atoms with E-state index < -0.39 is 48.3 Å². The normalized spacial score (nSPS) is 14.7. The highest BCUT2D eigenvalue weighted by molar-refractivity contribution is 7.15. The van der Waals surface area contributed by atoms with Crippen molar-refractivity contribution >= 4 is 70.4 Å². The first-order valence-electron chi connectivity index (χ1n) is 18.2. The molecule has 2 aromatic heterocycles. The summed E-state index contributed by atoms with van der Waals surface area (Å²) in [4.78, 5) is 94.8. The van der Waals surface area contributed by atoms with Gasteiger partial charge in [-0.3, -0.25) is 43.2 Å². The number of nitrogens with two attached hydrogens (primary N) is 1. The van der Waals surface area contributed by atoms with Crippen LogP contribution >= 0.6 is 22.9 Å². The maximum absolute atomic E-state index is 13.9. The Morgan fingerprint density at radius 3 is 2.41 bits per heavy atom. The minimum Gasteiger partial charge on any atom is -0.483 e. The number of thiophene rings is 1. The molecule has 2 aliphatic rings. The molecule has 2 atom stereocenters. The van der Waals surface area contributed by atoms with Crippen molar-refractivity contribution in [1.29, 1.82) is 0 Å². The van der Waals surface area contributed by atoms with Gasteiger partial charge in [-0.15, -0.1) is 21.5 Å². The Hall–Kier alpha value is -6.27. The molecule has 17 nitrogen and oxygen atoms in total. The van der Waals surface area contributed by atoms with Crippen LogP contribution < -0.4 is 21.1 Å². The summed E-state index contributed by atoms with van der Waals surface area (Å²) in [5.74, 6) is -2.81. The van der Waals surface area contributed by atoms with E-state index in [0.717, 1.165) is 9.78 Å². The minimum atomic E-state index is -1.32. The highest BCUT2D eigenvalue weighted by atomic mass is 35.5. The molecule has 0 saturated heterocycles. The molecule has 5 amide bonds. The highest BCUT2D eigenvalue weighted by Crippen LogP contribution is 2.40. The summed E-state index contributed by atoms with van der Waals surface area (Å²) in [6.07, 6.45) is 1.28. The van der Waals surface area contributed by atoms with Gasteiger partial charge in [-0.1, -0.05) is 29.8 Å². The predicted octanol–water partition coefficient (Wildman–Crippen LogP) is 3.19. The Bertz CT molecular complexity index is 2340. The number of aryl methyl sites for hydroxylation is 2. The van der Waals surface area contributed by atoms with Crippen LogP contribution in [0, 0.1) is 13.8 Å². The molecule has 58 heavy (non-hydrogen) atoms. The number of hydrogen-bond donors (Lipinski definition) is 3. The lowest BCUT2D eigenvalue weighted by molar-refractivity contribution is -0.141. The first-order valence-corrected chi connectivity index (χ1v) is 19.4. The quantitative estimate of drug-likeness (QED) is 0.0605. The summed E-state index contributed by atoms with van der Waals surface area (Å²) < 4.78 is 12.4. The number of benzene rings is 2. The SMILES string of the molecule is COC(=O)CC1N=C(c2ccc(Cl)cc2)c2c(sc(C)c2C(=O)NCCCCNC(=O)COc2cccc3c2C(=O)N(C(CCC=O)C(N)=O)C3=O)-n2c(C)nnc21. The number of aromatic nitrogens is 3. The van der Waals surface area contributed by atoms with Crippen LogP contribution in [0.2, 0.25) is 5.02 Å². The van der Waals surface area contributed by atoms with E-state index in [1.807, 2.05) is 11.5 Å². The summed E-state index contributed by atoms with van der Waals surface area (Å²) >= 11 is 7.60. The standard InChI is InChI=1S/C39H39ClN8O9S/c1-20-30(32-33(22-11-13-23(40)14-12-22)44-25(18-29(51)56-3)35-46-45-21(2)47(35)39(32)58-20)36(53)43-16-5-4-15-42-28(50)19-57-27-10-6-8-24-31(27)38(55)48(37(24)54)26(34(41)52)9-7-17-49/h6,8,10-14,17,25-26H,4-5,7,9,15-16,18-19H2,1-3H3,(H2,41,52)(H,42,50)(H,43,53). The van der Waals surface area contributed by atoms with E-state index in [2.05, 4.69) is 20.8 Å². The number of ether oxygens (including phenoxy) is 2. The molecule has 0 aliphatic carbocycles. The van der Waals surface area contributed by atoms with Gasteiger partial charge in [0.15, 0.2) is 12.4 Å². The molecule has 6 rings (SSSR count). The Labute approximate surface area is 340 Å². The van der Waals surface area contributed by atoms with E-state index >= 15 is 0 Å². The van der Waals surface area contributed by atoms with Crippen LogP contribution in [0.1, 0.15) is 96.9 Å². The number of hydrogen-bond acceptors (Lipinski definition) is 13. The smallest absolute Gasteiger partial charge is 0.308 e. The molecule has 0 fully saturated rings. The van der Waals surface area contributed by atoms with Gasteiger partial charge in [-0.05, 0) is 57.4 Å². The molecule has 0 bridgehead atoms. The van der Waals surface area contributed by atoms with Crippen molar-refractivity contribution in [2.24, 2.45) is 10.7 Å². The molecule has 4 heterocycles. The van der Waals surface area contributed by atoms with Crippen LogP contribution in [-0.4, -0.2) is 100 Å². The number of primary amides is 1. The van der Waals surface area contributed by atoms with Gasteiger partial charge in [0.1, 0.15) is 34.9 Å². The molecule has 0 radical (unpaired) electrons. The van der Waals surface area contributed by atoms with Crippen molar-refractivity contribution in [3.8, 4) is 10.8 Å². The van der Waals surface area contributed by atoms with Crippen molar-refractivity contribution in [2.75, 3.05) is 26.8 Å². The van der Waals surface area contributed by atoms with Crippen molar-refractivity contribution in [3.63, 3.8) is 0 Å². The molecule has 302 valence electrons. The number of rotatable bonds is 17. The Morgan fingerprint density at radius 1 is 1.00 bits per heavy atom. The molecular weight excluding hydrogens is 792 g/mol. The fraction of sp³-hybridized carbons (Fsp3) is 0.333. The van der Waals surface area contributed by atoms with Crippen molar-refractivity contribution in [1.82, 2.24) is 30.3 Å². The van der Waals surface area contributed by atoms with E-state index in [1.165, 1.54) is 36.6 Å². The van der Waals surface area contributed by atoms with Gasteiger partial charge in [0.05, 0.1) is 35.9 Å². The molecule has 0 spiro atoms. The third-order valence-corrected chi connectivity index (χ3v) is 10.9. The second kappa shape index (κ2) is 17.9. The van der Waals surface area contributed by atoms with E-state index in [1.54, 1.807) is 31.2 Å². The molecule has 4 N–H and O–H groups in total. The number of aliphatic imine (C=N–C) groups is 1. The number of nitrogens with one attached hydrogen (secondary N) is 2. The average Bonchev–Trinajstić information content (AvgIpc) is 3.81. The molecule has 19 heteroatoms. The third-order valence-electron chi connectivity index (χ3n) is 9.55. The number of halogens is 1. The Kier molecular flexibility index (Phi) is 12.8. The largest absolute Gasteiger partial charge is 0.483 e. The predicted molar refractivity (Wildman–Crippen MR) is 210 cm³/mol. The van der Waals surface area contributed by atoms with E-state index in [9.17, 15) is 33.6 Å². The second-order valence-electron chi connectivity index (χ2n) is 13.4. The third kappa shape index (κ3) is 8.38. The Morgan fingerprint density at radius 2 is 1.72 bits per heavy atom. The maximum atomic E-state index is 13.9. The lowest BCUT2D eigenvalue weighted by Gasteiger charge is -2.22. The molecular formula is C39H39ClN8O9S. The van der Waals surface area contributed by atoms with Crippen LogP contribution in [0.25, 0.3) is 5.00 Å². The summed E-state index contributed by atoms with van der Waals surface area (Å²) in [7, 11) is 1.30. The number of carbonyl (C=O) groups excluding carboxylic acids is 7. The van der Waals surface area contributed by atoms with Crippen molar-refractivity contribution in [2.45, 2.75) is 58.0 Å². The lowest BCUT2D eigenvalue weighted by Crippen LogP contribution is -2.47. The van der Waals surface area contributed by atoms with Crippen LogP contribution in [-0.2, 0) is 23.9 Å². The minimum absolute atomic E-state index is 0.00846. The number of imide groups is 1. The fourth-order valence-corrected chi connectivity index (χ4v) is 8.10. The van der Waals surface area contributed by atoms with E-state index in [4.69, 9.17) is 31.8 Å². The topological polar surface area (TPSA) is 234 Å². The number of carbonyl (C=O) groups is 7. The monoisotopic (exact) mass is 830 g/mol. The van der Waals surface area contributed by atoms with Gasteiger partial charge in [-0.2, -0.15) is 0 Å². The number of methoxy groups -OCH3 is 1. The zero-order valence-electron chi connectivity index (χ0n) is 31.7. The maximum Gasteiger partial charge on any atom is 0.308 e. The van der Waals surface area contributed by atoms with Gasteiger partial charge in [-0.25, -0.2) is 0 Å². The summed E-state index contributed by atoms with van der Waals surface area (Å²) in [5, 5.41) is 15.6. The van der Waals surface area contributed by atoms with Crippen LogP contribution in [0.5, 0.6) is 5.75 Å². The number of fused-ring (bicyclic) bond motifs is 4. The van der Waals surface area contributed by atoms with Crippen LogP contribution in [0.4, 0.5) is 0 Å². The zero-order chi connectivity index (χ0) is 41.7. The van der Waals surface area contributed by atoms with Gasteiger partial charge in [0, 0.05) is 40.5 Å². The second-order valence-corrected chi connectivity index (χ2v) is 15.0. The van der Waals surface area contributed by atoms with Gasteiger partial charge in [0.2, 0.25) is 5.91 Å². The molecule has 4 aromatic rings. The fourth-order valence-electron chi connectivity index (χ4n) is 6.77. The Balaban J connectivity index is 1.08. The zero-order valence-corrected chi connectivity index (χ0v) is 33.3. The molecule has 0 saturated carbocycles. The number of esters is 1. The van der Waals surface area contributed by atoms with E-state index in [-0.39, 0.29) is 55.1 Å². The molecule has 2 aliphatic heterocycles. The molecule has 2 aromatic carbocycles. The van der Waals surface area contributed by atoms with Crippen LogP contribution in [0.15, 0.2) is 47.5 Å². The summed E-state index contributed by atoms with van der Waals surface area (Å²) in [6, 6.07) is 9.29. The van der Waals surface area contributed by atoms with Gasteiger partial charge >= 0.3 is 5.97 Å². The van der Waals surface area contributed by atoms with Crippen molar-refractivity contribution in [3.05, 3.63) is 91.8 Å². The first kappa shape index (κ1) is 41.4. The molecule has 2 unspecified atom stereocenters. The summed E-state index contributed by atoms with van der Waals surface area (Å²) in [6.45, 7) is 3.71. The van der Waals surface area contributed by atoms with E-state index in [0.29, 0.717) is 63.2 Å². The van der Waals surface area contributed by atoms with Crippen LogP contribution in [0.3, 0.4) is 0 Å². The number of nitrogens with zero attached hydrogens (tertiary/aromatic N) is 5. The first-order chi connectivity index (χ1) is 27.9. The van der Waals surface area contributed by atoms with Crippen molar-refractivity contribution < 1.29 is 43.0 Å². The van der Waals surface area contributed by atoms with Gasteiger partial charge in [0.25, 0.3) is 23.6 Å². The van der Waals surface area contributed by atoms with Gasteiger partial charge < -0.3 is 30.6 Å². The lowest BCUT2D eigenvalue weighted by atomic mass is 9.98. The number of unbranched alkanes of at least 4 members (excludes halogenated alkanes) is 1. The number of amides is 5. The summed E-state index contributed by atoms with van der Waals surface area (Å²) in [5.41, 5.74) is 7.49. The average molecular weight is 831 g/mol. The highest BCUT2D eigenvalue weighted by Gasteiger charge is 2.44.